The van der Waals surface area contributed by atoms with Crippen molar-refractivity contribution in [3.8, 4) is 11.4 Å². The van der Waals surface area contributed by atoms with E-state index < -0.39 is 0 Å². The molecular weight excluding hydrogens is 492 g/mol. The molecular formula is C34H24N6. The number of pyridine rings is 4. The summed E-state index contributed by atoms with van der Waals surface area (Å²) >= 11 is 0. The van der Waals surface area contributed by atoms with E-state index in [1.807, 2.05) is 49.6 Å². The van der Waals surface area contributed by atoms with E-state index in [-0.39, 0.29) is 0 Å². The first-order valence-electron chi connectivity index (χ1n) is 13.4. The van der Waals surface area contributed by atoms with E-state index in [1.165, 1.54) is 11.1 Å². The largest absolute Gasteiger partial charge is 0.309 e. The summed E-state index contributed by atoms with van der Waals surface area (Å²) in [5.74, 6) is 0. The average molecular weight is 517 g/mol. The number of rotatable bonds is 5. The molecule has 0 aliphatic rings. The molecule has 6 heteroatoms. The number of hydrogen-bond donors (Lipinski definition) is 0. The van der Waals surface area contributed by atoms with Gasteiger partial charge in [-0.1, -0.05) is 24.3 Å². The fraction of sp³-hybridized carbons (Fsp3) is 0.0588. The number of aromatic nitrogens is 6. The molecule has 190 valence electrons. The Morgan fingerprint density at radius 2 is 0.675 bits per heavy atom. The Balaban J connectivity index is 1.05. The van der Waals surface area contributed by atoms with Crippen LogP contribution in [0, 0.1) is 0 Å². The van der Waals surface area contributed by atoms with E-state index in [9.17, 15) is 0 Å². The molecule has 0 spiro atoms. The summed E-state index contributed by atoms with van der Waals surface area (Å²) in [5, 5.41) is 4.47. The monoisotopic (exact) mass is 516 g/mol. The summed E-state index contributed by atoms with van der Waals surface area (Å²) in [4.78, 5) is 17.3. The van der Waals surface area contributed by atoms with E-state index in [0.29, 0.717) is 0 Å². The van der Waals surface area contributed by atoms with Gasteiger partial charge in [-0.15, -0.1) is 0 Å². The van der Waals surface area contributed by atoms with Crippen molar-refractivity contribution in [3.63, 3.8) is 0 Å². The van der Waals surface area contributed by atoms with Gasteiger partial charge in [0.25, 0.3) is 0 Å². The average Bonchev–Trinajstić information content (AvgIpc) is 3.54. The molecule has 0 saturated carbocycles. The summed E-state index contributed by atoms with van der Waals surface area (Å²) in [6.45, 7) is 0. The Morgan fingerprint density at radius 1 is 0.375 bits per heavy atom. The molecule has 0 fully saturated rings. The minimum absolute atomic E-state index is 0.980. The van der Waals surface area contributed by atoms with Crippen LogP contribution in [0.3, 0.4) is 0 Å². The summed E-state index contributed by atoms with van der Waals surface area (Å²) in [7, 11) is 0. The number of benzene rings is 2. The molecule has 8 rings (SSSR count). The highest BCUT2D eigenvalue weighted by Crippen LogP contribution is 2.32. The molecule has 6 aromatic heterocycles. The molecule has 0 saturated heterocycles. The van der Waals surface area contributed by atoms with Gasteiger partial charge in [0.15, 0.2) is 0 Å². The third-order valence-electron chi connectivity index (χ3n) is 7.83. The molecule has 0 amide bonds. The highest BCUT2D eigenvalue weighted by molar-refractivity contribution is 6.09. The standard InChI is InChI=1S/C34H24N6/c1(23-3-7-25(8-4-23)39-31-11-15-35-19-27(31)28-20-36-16-12-32(28)39)2-24-5-9-26(10-6-24)40-33-13-17-37-21-29(33)30-22-38-18-14-34(30)40/h3-22H,1-2H2. The lowest BCUT2D eigenvalue weighted by molar-refractivity contribution is 0.957. The normalized spacial score (nSPS) is 11.7. The minimum Gasteiger partial charge on any atom is -0.309 e. The van der Waals surface area contributed by atoms with Crippen LogP contribution in [0.25, 0.3) is 55.0 Å². The second kappa shape index (κ2) is 9.13. The predicted octanol–water partition coefficient (Wildman–Crippen LogP) is 7.25. The van der Waals surface area contributed by atoms with Crippen LogP contribution < -0.4 is 0 Å². The zero-order valence-electron chi connectivity index (χ0n) is 21.6. The Kier molecular flexibility index (Phi) is 5.16. The van der Waals surface area contributed by atoms with Crippen molar-refractivity contribution < 1.29 is 0 Å². The summed E-state index contributed by atoms with van der Waals surface area (Å²) < 4.78 is 4.58. The minimum atomic E-state index is 0.980. The fourth-order valence-corrected chi connectivity index (χ4v) is 5.89. The Bertz CT molecular complexity index is 1890. The molecule has 0 bridgehead atoms. The second-order valence-corrected chi connectivity index (χ2v) is 10.1. The molecule has 0 aliphatic carbocycles. The predicted molar refractivity (Wildman–Crippen MR) is 160 cm³/mol. The van der Waals surface area contributed by atoms with E-state index in [4.69, 9.17) is 0 Å². The molecule has 0 N–H and O–H groups in total. The Morgan fingerprint density at radius 3 is 0.975 bits per heavy atom. The SMILES string of the molecule is c1cc2c(cn1)c1cnccc1n2-c1ccc(CCc2ccc(-n3c4ccncc4c4cnccc43)cc2)cc1. The molecule has 0 radical (unpaired) electrons. The van der Waals surface area contributed by atoms with Gasteiger partial charge in [-0.2, -0.15) is 0 Å². The van der Waals surface area contributed by atoms with E-state index >= 15 is 0 Å². The second-order valence-electron chi connectivity index (χ2n) is 10.1. The number of hydrogen-bond acceptors (Lipinski definition) is 4. The van der Waals surface area contributed by atoms with Gasteiger partial charge in [0.2, 0.25) is 0 Å². The van der Waals surface area contributed by atoms with Crippen LogP contribution in [0.15, 0.2) is 122 Å². The van der Waals surface area contributed by atoms with Crippen LogP contribution in [0.5, 0.6) is 0 Å². The van der Waals surface area contributed by atoms with Crippen LogP contribution in [0.1, 0.15) is 11.1 Å². The first-order chi connectivity index (χ1) is 19.8. The van der Waals surface area contributed by atoms with Gasteiger partial charge >= 0.3 is 0 Å². The first-order valence-corrected chi connectivity index (χ1v) is 13.4. The van der Waals surface area contributed by atoms with Crippen molar-refractivity contribution in [1.29, 1.82) is 0 Å². The first kappa shape index (κ1) is 22.6. The maximum absolute atomic E-state index is 4.34. The van der Waals surface area contributed by atoms with Gasteiger partial charge in [-0.05, 0) is 72.5 Å². The van der Waals surface area contributed by atoms with Crippen molar-refractivity contribution in [2.24, 2.45) is 0 Å². The Labute approximate surface area is 230 Å². The highest BCUT2D eigenvalue weighted by Gasteiger charge is 2.13. The molecule has 0 aliphatic heterocycles. The quantitative estimate of drug-likeness (QED) is 0.242. The number of nitrogens with zero attached hydrogens (tertiary/aromatic N) is 6. The van der Waals surface area contributed by atoms with Gasteiger partial charge < -0.3 is 9.13 Å². The maximum Gasteiger partial charge on any atom is 0.0572 e. The smallest absolute Gasteiger partial charge is 0.0572 e. The van der Waals surface area contributed by atoms with Crippen LogP contribution in [-0.4, -0.2) is 29.1 Å². The molecule has 6 nitrogen and oxygen atoms in total. The van der Waals surface area contributed by atoms with Gasteiger partial charge in [0.1, 0.15) is 0 Å². The van der Waals surface area contributed by atoms with Crippen LogP contribution in [-0.2, 0) is 12.8 Å². The van der Waals surface area contributed by atoms with Crippen LogP contribution in [0.2, 0.25) is 0 Å². The molecule has 2 aromatic carbocycles. The molecule has 0 unspecified atom stereocenters. The topological polar surface area (TPSA) is 61.4 Å². The van der Waals surface area contributed by atoms with Gasteiger partial charge in [-0.25, -0.2) is 0 Å². The van der Waals surface area contributed by atoms with Crippen LogP contribution >= 0.6 is 0 Å². The Hall–Kier alpha value is -5.36. The molecule has 8 aromatic rings. The van der Waals surface area contributed by atoms with E-state index in [1.54, 1.807) is 0 Å². The lowest BCUT2D eigenvalue weighted by atomic mass is 10.0. The lowest BCUT2D eigenvalue weighted by Gasteiger charge is -2.10. The number of fused-ring (bicyclic) bond motifs is 6. The highest BCUT2D eigenvalue weighted by atomic mass is 15.0. The molecule has 0 atom stereocenters. The van der Waals surface area contributed by atoms with Gasteiger partial charge in [0.05, 0.1) is 22.1 Å². The van der Waals surface area contributed by atoms with Crippen molar-refractivity contribution in [2.45, 2.75) is 12.8 Å². The summed E-state index contributed by atoms with van der Waals surface area (Å²) in [6.07, 6.45) is 17.0. The third kappa shape index (κ3) is 3.57. The van der Waals surface area contributed by atoms with Crippen LogP contribution in [0.4, 0.5) is 0 Å². The molecule has 40 heavy (non-hydrogen) atoms. The van der Waals surface area contributed by atoms with E-state index in [0.717, 1.165) is 67.8 Å². The van der Waals surface area contributed by atoms with Crippen molar-refractivity contribution in [1.82, 2.24) is 29.1 Å². The van der Waals surface area contributed by atoms with Gasteiger partial charge in [0, 0.05) is 82.5 Å². The molecule has 6 heterocycles. The van der Waals surface area contributed by atoms with Gasteiger partial charge in [-0.3, -0.25) is 19.9 Å². The summed E-state index contributed by atoms with van der Waals surface area (Å²) in [5.41, 5.74) is 9.48. The van der Waals surface area contributed by atoms with Crippen molar-refractivity contribution in [2.75, 3.05) is 0 Å². The lowest BCUT2D eigenvalue weighted by Crippen LogP contribution is -1.97. The van der Waals surface area contributed by atoms with Crippen molar-refractivity contribution in [3.05, 3.63) is 133 Å². The zero-order valence-corrected chi connectivity index (χ0v) is 21.6. The third-order valence-corrected chi connectivity index (χ3v) is 7.83. The summed E-state index contributed by atoms with van der Waals surface area (Å²) in [6, 6.07) is 26.1. The van der Waals surface area contributed by atoms with E-state index in [2.05, 4.69) is 102 Å². The maximum atomic E-state index is 4.34. The zero-order chi connectivity index (χ0) is 26.5. The van der Waals surface area contributed by atoms with Crippen molar-refractivity contribution >= 4 is 43.6 Å². The number of aryl methyl sites for hydroxylation is 2. The fourth-order valence-electron chi connectivity index (χ4n) is 5.89.